The zero-order valence-corrected chi connectivity index (χ0v) is 11.9. The van der Waals surface area contributed by atoms with Gasteiger partial charge in [0.05, 0.1) is 11.4 Å². The van der Waals surface area contributed by atoms with Crippen molar-refractivity contribution in [2.24, 2.45) is 0 Å². The van der Waals surface area contributed by atoms with Crippen molar-refractivity contribution in [3.63, 3.8) is 0 Å². The van der Waals surface area contributed by atoms with E-state index < -0.39 is 11.9 Å². The van der Waals surface area contributed by atoms with E-state index >= 15 is 0 Å². The summed E-state index contributed by atoms with van der Waals surface area (Å²) in [5, 5.41) is 17.8. The Morgan fingerprint density at radius 2 is 1.95 bits per heavy atom. The lowest BCUT2D eigenvalue weighted by Gasteiger charge is -2.12. The number of benzene rings is 1. The summed E-state index contributed by atoms with van der Waals surface area (Å²) in [7, 11) is 0. The van der Waals surface area contributed by atoms with Crippen molar-refractivity contribution < 1.29 is 9.90 Å². The smallest absolute Gasteiger partial charge is 0.314 e. The van der Waals surface area contributed by atoms with E-state index in [1.54, 1.807) is 32.0 Å². The van der Waals surface area contributed by atoms with Gasteiger partial charge in [0.25, 0.3) is 0 Å². The lowest BCUT2D eigenvalue weighted by atomic mass is 9.98. The zero-order valence-electron chi connectivity index (χ0n) is 11.2. The topological polar surface area (TPSA) is 76.0 Å². The van der Waals surface area contributed by atoms with Gasteiger partial charge in [-0.3, -0.25) is 4.79 Å². The highest BCUT2D eigenvalue weighted by molar-refractivity contribution is 6.31. The molecular weight excluding hydrogens is 278 g/mol. The maximum absolute atomic E-state index is 11.5. The normalized spacial score (nSPS) is 12.2. The van der Waals surface area contributed by atoms with Gasteiger partial charge in [0.1, 0.15) is 5.92 Å². The van der Waals surface area contributed by atoms with E-state index in [2.05, 4.69) is 15.2 Å². The molecule has 0 aliphatic rings. The van der Waals surface area contributed by atoms with E-state index in [0.29, 0.717) is 16.4 Å². The Balaban J connectivity index is 2.34. The first-order valence-corrected chi connectivity index (χ1v) is 6.51. The van der Waals surface area contributed by atoms with Crippen LogP contribution in [0.5, 0.6) is 0 Å². The van der Waals surface area contributed by atoms with Crippen LogP contribution in [0.25, 0.3) is 0 Å². The molecule has 1 unspecified atom stereocenters. The fourth-order valence-electron chi connectivity index (χ4n) is 1.79. The predicted molar refractivity (Wildman–Crippen MR) is 74.8 cm³/mol. The minimum atomic E-state index is -0.991. The Bertz CT molecular complexity index is 646. The molecule has 0 radical (unpaired) electrons. The third-order valence-electron chi connectivity index (χ3n) is 3.10. The number of carboxylic acids is 1. The number of carboxylic acid groups (broad SMARTS) is 1. The van der Waals surface area contributed by atoms with Gasteiger partial charge in [-0.05, 0) is 31.9 Å². The third kappa shape index (κ3) is 3.11. The van der Waals surface area contributed by atoms with Crippen LogP contribution in [0.4, 0.5) is 0 Å². The second-order valence-electron chi connectivity index (χ2n) is 4.53. The average Bonchev–Trinajstić information content (AvgIpc) is 2.41. The molecule has 0 saturated heterocycles. The van der Waals surface area contributed by atoms with Crippen LogP contribution in [0, 0.1) is 13.8 Å². The van der Waals surface area contributed by atoms with E-state index in [1.165, 1.54) is 0 Å². The van der Waals surface area contributed by atoms with Gasteiger partial charge in [-0.15, -0.1) is 5.10 Å². The summed E-state index contributed by atoms with van der Waals surface area (Å²) in [6.45, 7) is 3.56. The second-order valence-corrected chi connectivity index (χ2v) is 4.93. The Kier molecular flexibility index (Phi) is 4.29. The van der Waals surface area contributed by atoms with Crippen molar-refractivity contribution in [3.8, 4) is 0 Å². The van der Waals surface area contributed by atoms with Crippen LogP contribution in [-0.4, -0.2) is 26.3 Å². The number of aromatic nitrogens is 3. The Labute approximate surface area is 121 Å². The minimum Gasteiger partial charge on any atom is -0.481 e. The van der Waals surface area contributed by atoms with E-state index in [1.807, 2.05) is 6.07 Å². The highest BCUT2D eigenvalue weighted by Gasteiger charge is 2.25. The van der Waals surface area contributed by atoms with Crippen molar-refractivity contribution in [1.29, 1.82) is 0 Å². The lowest BCUT2D eigenvalue weighted by Crippen LogP contribution is -2.19. The first-order chi connectivity index (χ1) is 9.49. The third-order valence-corrected chi connectivity index (χ3v) is 3.47. The van der Waals surface area contributed by atoms with Gasteiger partial charge in [0.15, 0.2) is 5.82 Å². The van der Waals surface area contributed by atoms with Crippen molar-refractivity contribution in [3.05, 3.63) is 52.1 Å². The molecule has 0 aliphatic heterocycles. The molecule has 5 nitrogen and oxygen atoms in total. The number of hydrogen-bond acceptors (Lipinski definition) is 4. The minimum absolute atomic E-state index is 0.209. The SMILES string of the molecule is Cc1nnc(C(Cc2ccccc2Cl)C(=O)O)nc1C. The van der Waals surface area contributed by atoms with Gasteiger partial charge < -0.3 is 5.11 Å². The summed E-state index contributed by atoms with van der Waals surface area (Å²) in [6, 6.07) is 7.15. The average molecular weight is 292 g/mol. The molecular formula is C14H14ClN3O2. The van der Waals surface area contributed by atoms with Crippen molar-refractivity contribution in [2.45, 2.75) is 26.2 Å². The molecule has 1 N–H and O–H groups in total. The van der Waals surface area contributed by atoms with Crippen LogP contribution >= 0.6 is 11.6 Å². The maximum Gasteiger partial charge on any atom is 0.314 e. The molecule has 6 heteroatoms. The standard InChI is InChI=1S/C14H14ClN3O2/c1-8-9(2)17-18-13(16-8)11(14(19)20)7-10-5-3-4-6-12(10)15/h3-6,11H,7H2,1-2H3,(H,19,20). The zero-order chi connectivity index (χ0) is 14.7. The summed E-state index contributed by atoms with van der Waals surface area (Å²) in [5.74, 6) is -1.64. The molecule has 1 heterocycles. The lowest BCUT2D eigenvalue weighted by molar-refractivity contribution is -0.139. The van der Waals surface area contributed by atoms with Gasteiger partial charge in [-0.25, -0.2) is 4.98 Å². The highest BCUT2D eigenvalue weighted by Crippen LogP contribution is 2.23. The molecule has 0 fully saturated rings. The summed E-state index contributed by atoms with van der Waals surface area (Å²) < 4.78 is 0. The quantitative estimate of drug-likeness (QED) is 0.937. The van der Waals surface area contributed by atoms with Gasteiger partial charge >= 0.3 is 5.97 Å². The number of hydrogen-bond donors (Lipinski definition) is 1. The molecule has 1 aromatic heterocycles. The van der Waals surface area contributed by atoms with Crippen LogP contribution in [0.3, 0.4) is 0 Å². The number of halogens is 1. The van der Waals surface area contributed by atoms with Gasteiger partial charge in [0, 0.05) is 5.02 Å². The number of aliphatic carboxylic acids is 1. The van der Waals surface area contributed by atoms with Crippen LogP contribution in [0.15, 0.2) is 24.3 Å². The van der Waals surface area contributed by atoms with Crippen molar-refractivity contribution in [1.82, 2.24) is 15.2 Å². The number of nitrogens with zero attached hydrogens (tertiary/aromatic N) is 3. The molecule has 0 bridgehead atoms. The van der Waals surface area contributed by atoms with Crippen molar-refractivity contribution >= 4 is 17.6 Å². The molecule has 2 aromatic rings. The van der Waals surface area contributed by atoms with Crippen LogP contribution in [-0.2, 0) is 11.2 Å². The monoisotopic (exact) mass is 291 g/mol. The van der Waals surface area contributed by atoms with Gasteiger partial charge in [0.2, 0.25) is 0 Å². The van der Waals surface area contributed by atoms with Gasteiger partial charge in [-0.1, -0.05) is 29.8 Å². The fraction of sp³-hybridized carbons (Fsp3) is 0.286. The molecule has 104 valence electrons. The Morgan fingerprint density at radius 1 is 1.25 bits per heavy atom. The fourth-order valence-corrected chi connectivity index (χ4v) is 2.01. The van der Waals surface area contributed by atoms with E-state index in [9.17, 15) is 9.90 Å². The molecule has 20 heavy (non-hydrogen) atoms. The number of carbonyl (C=O) groups is 1. The first kappa shape index (κ1) is 14.4. The predicted octanol–water partition coefficient (Wildman–Crippen LogP) is 2.55. The molecule has 1 aromatic carbocycles. The number of aryl methyl sites for hydroxylation is 2. The molecule has 2 rings (SSSR count). The molecule has 0 aliphatic carbocycles. The van der Waals surface area contributed by atoms with Crippen LogP contribution < -0.4 is 0 Å². The van der Waals surface area contributed by atoms with Crippen LogP contribution in [0.1, 0.15) is 28.7 Å². The molecule has 0 spiro atoms. The van der Waals surface area contributed by atoms with E-state index in [-0.39, 0.29) is 12.2 Å². The summed E-state index contributed by atoms with van der Waals surface area (Å²) in [5.41, 5.74) is 2.12. The second kappa shape index (κ2) is 5.96. The van der Waals surface area contributed by atoms with Crippen molar-refractivity contribution in [2.75, 3.05) is 0 Å². The summed E-state index contributed by atoms with van der Waals surface area (Å²) in [4.78, 5) is 15.7. The van der Waals surface area contributed by atoms with E-state index in [0.717, 1.165) is 5.56 Å². The number of rotatable bonds is 4. The Morgan fingerprint density at radius 3 is 2.55 bits per heavy atom. The van der Waals surface area contributed by atoms with Gasteiger partial charge in [-0.2, -0.15) is 5.10 Å². The largest absolute Gasteiger partial charge is 0.481 e. The highest BCUT2D eigenvalue weighted by atomic mass is 35.5. The summed E-state index contributed by atoms with van der Waals surface area (Å²) >= 11 is 6.07. The molecule has 1 atom stereocenters. The molecule has 0 amide bonds. The molecule has 0 saturated carbocycles. The van der Waals surface area contributed by atoms with Crippen LogP contribution in [0.2, 0.25) is 5.02 Å². The van der Waals surface area contributed by atoms with E-state index in [4.69, 9.17) is 11.6 Å². The maximum atomic E-state index is 11.5. The Hall–Kier alpha value is -2.01. The summed E-state index contributed by atoms with van der Waals surface area (Å²) in [6.07, 6.45) is 0.235. The first-order valence-electron chi connectivity index (χ1n) is 6.13.